The molecule has 0 saturated heterocycles. The van der Waals surface area contributed by atoms with Gasteiger partial charge in [-0.05, 0) is 37.1 Å². The van der Waals surface area contributed by atoms with E-state index < -0.39 is 0 Å². The molecule has 0 amide bonds. The van der Waals surface area contributed by atoms with Gasteiger partial charge in [-0.1, -0.05) is 41.5 Å². The number of rotatable bonds is 8. The quantitative estimate of drug-likeness (QED) is 0.670. The van der Waals surface area contributed by atoms with Crippen molar-refractivity contribution in [1.82, 2.24) is 5.32 Å². The largest absolute Gasteiger partial charge is 0.394 e. The average Bonchev–Trinajstić information content (AvgIpc) is 2.12. The standard InChI is InChI=1S/C14H31NO/c1-11(2)7-14(10-16,8-12(3)4)15-9-13(5)6/h11-13,15-16H,7-10H2,1-6H3. The third-order valence-electron chi connectivity index (χ3n) is 2.79. The van der Waals surface area contributed by atoms with Crippen LogP contribution in [0.5, 0.6) is 0 Å². The predicted molar refractivity (Wildman–Crippen MR) is 71.6 cm³/mol. The van der Waals surface area contributed by atoms with Gasteiger partial charge in [0.15, 0.2) is 0 Å². The van der Waals surface area contributed by atoms with E-state index >= 15 is 0 Å². The Morgan fingerprint density at radius 1 is 0.875 bits per heavy atom. The summed E-state index contributed by atoms with van der Waals surface area (Å²) in [5.74, 6) is 1.86. The lowest BCUT2D eigenvalue weighted by atomic mass is 9.82. The van der Waals surface area contributed by atoms with Crippen LogP contribution in [0.15, 0.2) is 0 Å². The van der Waals surface area contributed by atoms with Crippen LogP contribution in [0, 0.1) is 17.8 Å². The summed E-state index contributed by atoms with van der Waals surface area (Å²) in [5.41, 5.74) is -0.0768. The lowest BCUT2D eigenvalue weighted by molar-refractivity contribution is 0.113. The van der Waals surface area contributed by atoms with Crippen molar-refractivity contribution in [2.75, 3.05) is 13.2 Å². The van der Waals surface area contributed by atoms with Crippen LogP contribution in [-0.4, -0.2) is 23.8 Å². The zero-order valence-corrected chi connectivity index (χ0v) is 12.0. The minimum absolute atomic E-state index is 0.0768. The smallest absolute Gasteiger partial charge is 0.0613 e. The van der Waals surface area contributed by atoms with Gasteiger partial charge in [0.2, 0.25) is 0 Å². The van der Waals surface area contributed by atoms with Crippen LogP contribution >= 0.6 is 0 Å². The molecule has 16 heavy (non-hydrogen) atoms. The van der Waals surface area contributed by atoms with Gasteiger partial charge in [-0.3, -0.25) is 0 Å². The molecule has 0 rings (SSSR count). The number of aliphatic hydroxyl groups is 1. The molecule has 98 valence electrons. The van der Waals surface area contributed by atoms with Gasteiger partial charge in [-0.15, -0.1) is 0 Å². The molecule has 0 aromatic heterocycles. The zero-order chi connectivity index (χ0) is 12.8. The SMILES string of the molecule is CC(C)CNC(CO)(CC(C)C)CC(C)C. The molecule has 0 unspecified atom stereocenters. The number of nitrogens with one attached hydrogen (secondary N) is 1. The van der Waals surface area contributed by atoms with Crippen LogP contribution in [-0.2, 0) is 0 Å². The summed E-state index contributed by atoms with van der Waals surface area (Å²) in [6.07, 6.45) is 2.10. The molecule has 0 spiro atoms. The first-order valence-corrected chi connectivity index (χ1v) is 6.67. The fraction of sp³-hybridized carbons (Fsp3) is 1.00. The Kier molecular flexibility index (Phi) is 7.25. The van der Waals surface area contributed by atoms with Crippen LogP contribution in [0.3, 0.4) is 0 Å². The third kappa shape index (κ3) is 6.49. The van der Waals surface area contributed by atoms with E-state index in [2.05, 4.69) is 46.9 Å². The molecular weight excluding hydrogens is 198 g/mol. The Morgan fingerprint density at radius 3 is 1.56 bits per heavy atom. The van der Waals surface area contributed by atoms with E-state index in [1.54, 1.807) is 0 Å². The van der Waals surface area contributed by atoms with Crippen LogP contribution in [0.1, 0.15) is 54.4 Å². The van der Waals surface area contributed by atoms with Crippen molar-refractivity contribution >= 4 is 0 Å². The topological polar surface area (TPSA) is 32.3 Å². The molecule has 0 aliphatic rings. The fourth-order valence-corrected chi connectivity index (χ4v) is 2.40. The van der Waals surface area contributed by atoms with E-state index in [4.69, 9.17) is 0 Å². The Balaban J connectivity index is 4.53. The van der Waals surface area contributed by atoms with Crippen molar-refractivity contribution in [3.05, 3.63) is 0 Å². The molecule has 0 bridgehead atoms. The maximum atomic E-state index is 9.72. The number of hydrogen-bond acceptors (Lipinski definition) is 2. The van der Waals surface area contributed by atoms with Crippen molar-refractivity contribution in [1.29, 1.82) is 0 Å². The summed E-state index contributed by atoms with van der Waals surface area (Å²) in [6, 6.07) is 0. The van der Waals surface area contributed by atoms with Gasteiger partial charge in [0, 0.05) is 5.54 Å². The summed E-state index contributed by atoms with van der Waals surface area (Å²) in [5, 5.41) is 13.3. The van der Waals surface area contributed by atoms with Crippen LogP contribution < -0.4 is 5.32 Å². The molecule has 0 aromatic rings. The van der Waals surface area contributed by atoms with E-state index in [1.807, 2.05) is 0 Å². The van der Waals surface area contributed by atoms with E-state index in [0.717, 1.165) is 19.4 Å². The molecule has 0 atom stereocenters. The van der Waals surface area contributed by atoms with Gasteiger partial charge >= 0.3 is 0 Å². The van der Waals surface area contributed by atoms with Crippen LogP contribution in [0.4, 0.5) is 0 Å². The van der Waals surface area contributed by atoms with Crippen molar-refractivity contribution in [2.45, 2.75) is 59.9 Å². The first-order valence-electron chi connectivity index (χ1n) is 6.67. The normalized spacial score (nSPS) is 13.1. The molecule has 0 aliphatic heterocycles. The summed E-state index contributed by atoms with van der Waals surface area (Å²) in [7, 11) is 0. The van der Waals surface area contributed by atoms with E-state index in [1.165, 1.54) is 0 Å². The second-order valence-electron chi connectivity index (χ2n) is 6.41. The molecule has 2 N–H and O–H groups in total. The van der Waals surface area contributed by atoms with Crippen molar-refractivity contribution in [3.63, 3.8) is 0 Å². The van der Waals surface area contributed by atoms with E-state index in [9.17, 15) is 5.11 Å². The molecule has 2 heteroatoms. The van der Waals surface area contributed by atoms with Crippen molar-refractivity contribution < 1.29 is 5.11 Å². The minimum atomic E-state index is -0.0768. The Morgan fingerprint density at radius 2 is 1.31 bits per heavy atom. The Bertz CT molecular complexity index is 166. The zero-order valence-electron chi connectivity index (χ0n) is 12.0. The van der Waals surface area contributed by atoms with Gasteiger partial charge in [0.05, 0.1) is 6.61 Å². The summed E-state index contributed by atoms with van der Waals surface area (Å²) >= 11 is 0. The Labute approximate surface area is 102 Å². The molecule has 0 aliphatic carbocycles. The molecule has 0 fully saturated rings. The highest BCUT2D eigenvalue weighted by atomic mass is 16.3. The van der Waals surface area contributed by atoms with Gasteiger partial charge in [-0.2, -0.15) is 0 Å². The van der Waals surface area contributed by atoms with Gasteiger partial charge in [-0.25, -0.2) is 0 Å². The lowest BCUT2D eigenvalue weighted by Gasteiger charge is -2.37. The average molecular weight is 229 g/mol. The maximum absolute atomic E-state index is 9.72. The minimum Gasteiger partial charge on any atom is -0.394 e. The summed E-state index contributed by atoms with van der Waals surface area (Å²) in [6.45, 7) is 14.5. The van der Waals surface area contributed by atoms with Gasteiger partial charge < -0.3 is 10.4 Å². The molecule has 0 aromatic carbocycles. The lowest BCUT2D eigenvalue weighted by Crippen LogP contribution is -2.51. The van der Waals surface area contributed by atoms with Crippen LogP contribution in [0.2, 0.25) is 0 Å². The molecule has 0 saturated carbocycles. The van der Waals surface area contributed by atoms with E-state index in [0.29, 0.717) is 17.8 Å². The second-order valence-corrected chi connectivity index (χ2v) is 6.41. The van der Waals surface area contributed by atoms with Crippen molar-refractivity contribution in [2.24, 2.45) is 17.8 Å². The van der Waals surface area contributed by atoms with Crippen molar-refractivity contribution in [3.8, 4) is 0 Å². The molecular formula is C14H31NO. The monoisotopic (exact) mass is 229 g/mol. The fourth-order valence-electron chi connectivity index (χ4n) is 2.40. The van der Waals surface area contributed by atoms with E-state index in [-0.39, 0.29) is 12.1 Å². The summed E-state index contributed by atoms with van der Waals surface area (Å²) in [4.78, 5) is 0. The summed E-state index contributed by atoms with van der Waals surface area (Å²) < 4.78 is 0. The first-order chi connectivity index (χ1) is 7.31. The van der Waals surface area contributed by atoms with Gasteiger partial charge in [0.1, 0.15) is 0 Å². The molecule has 0 radical (unpaired) electrons. The predicted octanol–water partition coefficient (Wildman–Crippen LogP) is 3.06. The van der Waals surface area contributed by atoms with Crippen LogP contribution in [0.25, 0.3) is 0 Å². The number of hydrogen-bond donors (Lipinski definition) is 2. The number of aliphatic hydroxyl groups excluding tert-OH is 1. The molecule has 0 heterocycles. The first kappa shape index (κ1) is 15.9. The van der Waals surface area contributed by atoms with Gasteiger partial charge in [0.25, 0.3) is 0 Å². The highest BCUT2D eigenvalue weighted by molar-refractivity contribution is 4.89. The molecule has 2 nitrogen and oxygen atoms in total. The highest BCUT2D eigenvalue weighted by Crippen LogP contribution is 2.24. The highest BCUT2D eigenvalue weighted by Gasteiger charge is 2.30. The maximum Gasteiger partial charge on any atom is 0.0613 e. The second kappa shape index (κ2) is 7.29. The third-order valence-corrected chi connectivity index (χ3v) is 2.79. The Hall–Kier alpha value is -0.0800.